The maximum Gasteiger partial charge on any atom is 0.203 e. The van der Waals surface area contributed by atoms with Crippen LogP contribution in [0.5, 0.6) is 0 Å². The summed E-state index contributed by atoms with van der Waals surface area (Å²) in [6.45, 7) is 4.15. The van der Waals surface area contributed by atoms with Crippen LogP contribution in [0.25, 0.3) is 11.2 Å². The lowest BCUT2D eigenvalue weighted by molar-refractivity contribution is 0.631. The van der Waals surface area contributed by atoms with Crippen molar-refractivity contribution in [3.63, 3.8) is 0 Å². The first kappa shape index (κ1) is 12.2. The molecule has 100 valence electrons. The van der Waals surface area contributed by atoms with Crippen LogP contribution in [-0.2, 0) is 13.5 Å². The molecule has 3 aromatic heterocycles. The van der Waals surface area contributed by atoms with Gasteiger partial charge in [-0.3, -0.25) is 9.25 Å². The number of nitrogens with zero attached hydrogens (tertiary/aromatic N) is 5. The van der Waals surface area contributed by atoms with Crippen LogP contribution >= 0.6 is 11.3 Å². The van der Waals surface area contributed by atoms with Crippen molar-refractivity contribution in [3.8, 4) is 0 Å². The van der Waals surface area contributed by atoms with E-state index in [0.29, 0.717) is 5.95 Å². The second-order valence-electron chi connectivity index (χ2n) is 4.48. The number of thiazole rings is 1. The first-order valence-electron chi connectivity index (χ1n) is 6.22. The number of aryl methyl sites for hydroxylation is 2. The average molecular weight is 276 g/mol. The van der Waals surface area contributed by atoms with Gasteiger partial charge in [0.25, 0.3) is 0 Å². The van der Waals surface area contributed by atoms with Crippen molar-refractivity contribution in [3.05, 3.63) is 22.3 Å². The van der Waals surface area contributed by atoms with Gasteiger partial charge in [-0.05, 0) is 13.3 Å². The normalized spacial score (nSPS) is 13.2. The van der Waals surface area contributed by atoms with E-state index in [-0.39, 0.29) is 6.04 Å². The summed E-state index contributed by atoms with van der Waals surface area (Å²) < 4.78 is 3.85. The molecule has 0 aliphatic carbocycles. The molecule has 0 bridgehead atoms. The summed E-state index contributed by atoms with van der Waals surface area (Å²) in [4.78, 5) is 8.83. The van der Waals surface area contributed by atoms with E-state index < -0.39 is 0 Å². The Bertz CT molecular complexity index is 708. The van der Waals surface area contributed by atoms with Crippen molar-refractivity contribution >= 4 is 28.4 Å². The molecule has 0 aliphatic heterocycles. The minimum absolute atomic E-state index is 0.0603. The van der Waals surface area contributed by atoms with E-state index >= 15 is 0 Å². The highest BCUT2D eigenvalue weighted by molar-refractivity contribution is 7.09. The van der Waals surface area contributed by atoms with E-state index in [0.717, 1.165) is 28.3 Å². The molecule has 0 aliphatic rings. The van der Waals surface area contributed by atoms with Gasteiger partial charge in [0.2, 0.25) is 5.95 Å². The summed E-state index contributed by atoms with van der Waals surface area (Å²) in [5, 5.41) is 7.48. The maximum atomic E-state index is 6.08. The molecule has 2 N–H and O–H groups in total. The zero-order chi connectivity index (χ0) is 13.6. The molecule has 3 heterocycles. The SMILES string of the molecule is CCc1nn(C)c2c1nc(N)n2C(C)c1nccs1. The van der Waals surface area contributed by atoms with E-state index in [1.807, 2.05) is 27.9 Å². The van der Waals surface area contributed by atoms with Crippen molar-refractivity contribution in [2.45, 2.75) is 26.3 Å². The van der Waals surface area contributed by atoms with Crippen LogP contribution in [0.4, 0.5) is 5.95 Å². The quantitative estimate of drug-likeness (QED) is 0.793. The highest BCUT2D eigenvalue weighted by Gasteiger charge is 2.22. The molecule has 0 radical (unpaired) electrons. The van der Waals surface area contributed by atoms with Crippen LogP contribution in [0.3, 0.4) is 0 Å². The Hall–Kier alpha value is -1.89. The lowest BCUT2D eigenvalue weighted by Crippen LogP contribution is -2.12. The number of imidazole rings is 1. The molecule has 0 spiro atoms. The molecule has 0 amide bonds. The summed E-state index contributed by atoms with van der Waals surface area (Å²) >= 11 is 1.62. The van der Waals surface area contributed by atoms with Gasteiger partial charge in [0.05, 0.1) is 11.7 Å². The highest BCUT2D eigenvalue weighted by Crippen LogP contribution is 2.29. The predicted octanol–water partition coefficient (Wildman–Crippen LogP) is 1.98. The minimum atomic E-state index is 0.0603. The molecule has 0 saturated heterocycles. The zero-order valence-electron chi connectivity index (χ0n) is 11.2. The van der Waals surface area contributed by atoms with Gasteiger partial charge >= 0.3 is 0 Å². The molecule has 7 heteroatoms. The average Bonchev–Trinajstić information content (AvgIpc) is 3.06. The predicted molar refractivity (Wildman–Crippen MR) is 76.2 cm³/mol. The lowest BCUT2D eigenvalue weighted by atomic mass is 10.3. The van der Waals surface area contributed by atoms with Crippen molar-refractivity contribution in [1.29, 1.82) is 0 Å². The largest absolute Gasteiger partial charge is 0.369 e. The highest BCUT2D eigenvalue weighted by atomic mass is 32.1. The monoisotopic (exact) mass is 276 g/mol. The molecule has 0 fully saturated rings. The van der Waals surface area contributed by atoms with Crippen molar-refractivity contribution in [2.75, 3.05) is 5.73 Å². The van der Waals surface area contributed by atoms with Crippen LogP contribution in [0, 0.1) is 0 Å². The van der Waals surface area contributed by atoms with Gasteiger partial charge in [0.15, 0.2) is 5.65 Å². The van der Waals surface area contributed by atoms with Crippen LogP contribution in [0.15, 0.2) is 11.6 Å². The molecule has 0 aromatic carbocycles. The third kappa shape index (κ3) is 1.73. The number of rotatable bonds is 3. The molecule has 6 nitrogen and oxygen atoms in total. The third-order valence-electron chi connectivity index (χ3n) is 3.29. The van der Waals surface area contributed by atoms with Crippen LogP contribution in [0.2, 0.25) is 0 Å². The number of nitrogens with two attached hydrogens (primary N) is 1. The second kappa shape index (κ2) is 4.34. The summed E-state index contributed by atoms with van der Waals surface area (Å²) in [5.41, 5.74) is 8.92. The van der Waals surface area contributed by atoms with Gasteiger partial charge in [-0.15, -0.1) is 11.3 Å². The smallest absolute Gasteiger partial charge is 0.203 e. The topological polar surface area (TPSA) is 74.6 Å². The molecular formula is C12H16N6S. The van der Waals surface area contributed by atoms with Gasteiger partial charge in [-0.1, -0.05) is 6.92 Å². The molecular weight excluding hydrogens is 260 g/mol. The number of aromatic nitrogens is 5. The fourth-order valence-corrected chi connectivity index (χ4v) is 3.08. The summed E-state index contributed by atoms with van der Waals surface area (Å²) in [5.74, 6) is 0.514. The van der Waals surface area contributed by atoms with Gasteiger partial charge < -0.3 is 5.73 Å². The van der Waals surface area contributed by atoms with Crippen LogP contribution < -0.4 is 5.73 Å². The summed E-state index contributed by atoms with van der Waals surface area (Å²) in [7, 11) is 1.92. The van der Waals surface area contributed by atoms with Crippen LogP contribution in [-0.4, -0.2) is 24.3 Å². The molecule has 19 heavy (non-hydrogen) atoms. The van der Waals surface area contributed by atoms with Gasteiger partial charge in [0.1, 0.15) is 10.5 Å². The van der Waals surface area contributed by atoms with Crippen molar-refractivity contribution in [2.24, 2.45) is 7.05 Å². The van der Waals surface area contributed by atoms with E-state index in [1.54, 1.807) is 11.3 Å². The standard InChI is InChI=1S/C12H16N6S/c1-4-8-9-11(17(3)16-8)18(12(13)15-9)7(2)10-14-5-6-19-10/h5-7H,4H2,1-3H3,(H2,13,15). The maximum absolute atomic E-state index is 6.08. The Morgan fingerprint density at radius 1 is 1.47 bits per heavy atom. The molecule has 0 saturated carbocycles. The number of hydrogen-bond acceptors (Lipinski definition) is 5. The lowest BCUT2D eigenvalue weighted by Gasteiger charge is -2.13. The van der Waals surface area contributed by atoms with E-state index in [2.05, 4.69) is 28.9 Å². The number of nitrogen functional groups attached to an aromatic ring is 1. The number of hydrogen-bond donors (Lipinski definition) is 1. The number of fused-ring (bicyclic) bond motifs is 1. The summed E-state index contributed by atoms with van der Waals surface area (Å²) in [6.07, 6.45) is 2.65. The molecule has 3 rings (SSSR count). The first-order chi connectivity index (χ1) is 9.13. The van der Waals surface area contributed by atoms with Gasteiger partial charge in [-0.25, -0.2) is 9.97 Å². The van der Waals surface area contributed by atoms with Gasteiger partial charge in [-0.2, -0.15) is 5.10 Å². The fraction of sp³-hybridized carbons (Fsp3) is 0.417. The van der Waals surface area contributed by atoms with Crippen molar-refractivity contribution in [1.82, 2.24) is 24.3 Å². The Kier molecular flexibility index (Phi) is 2.78. The van der Waals surface area contributed by atoms with E-state index in [4.69, 9.17) is 5.73 Å². The first-order valence-corrected chi connectivity index (χ1v) is 7.10. The number of anilines is 1. The third-order valence-corrected chi connectivity index (χ3v) is 4.24. The molecule has 3 aromatic rings. The van der Waals surface area contributed by atoms with E-state index in [1.165, 1.54) is 0 Å². The Labute approximate surface area is 114 Å². The Balaban J connectivity index is 2.23. The Morgan fingerprint density at radius 3 is 2.89 bits per heavy atom. The van der Waals surface area contributed by atoms with Crippen molar-refractivity contribution < 1.29 is 0 Å². The van der Waals surface area contributed by atoms with E-state index in [9.17, 15) is 0 Å². The summed E-state index contributed by atoms with van der Waals surface area (Å²) in [6, 6.07) is 0.0603. The Morgan fingerprint density at radius 2 is 2.26 bits per heavy atom. The van der Waals surface area contributed by atoms with Gasteiger partial charge in [0, 0.05) is 18.6 Å². The molecule has 1 unspecified atom stereocenters. The second-order valence-corrected chi connectivity index (χ2v) is 5.41. The minimum Gasteiger partial charge on any atom is -0.369 e. The fourth-order valence-electron chi connectivity index (χ4n) is 2.39. The zero-order valence-corrected chi connectivity index (χ0v) is 12.0. The molecule has 1 atom stereocenters. The van der Waals surface area contributed by atoms with Crippen LogP contribution in [0.1, 0.15) is 30.6 Å².